The zero-order valence-electron chi connectivity index (χ0n) is 14.2. The second kappa shape index (κ2) is 6.68. The first-order valence-electron chi connectivity index (χ1n) is 7.68. The fourth-order valence-electron chi connectivity index (χ4n) is 2.54. The van der Waals surface area contributed by atoms with Crippen LogP contribution in [0.1, 0.15) is 11.1 Å². The van der Waals surface area contributed by atoms with Gasteiger partial charge in [0.05, 0.1) is 18.0 Å². The number of fused-ring (bicyclic) bond motifs is 1. The summed E-state index contributed by atoms with van der Waals surface area (Å²) in [5, 5.41) is 8.76. The summed E-state index contributed by atoms with van der Waals surface area (Å²) >= 11 is 0. The second-order valence-electron chi connectivity index (χ2n) is 5.72. The van der Waals surface area contributed by atoms with Crippen LogP contribution in [0.2, 0.25) is 0 Å². The summed E-state index contributed by atoms with van der Waals surface area (Å²) in [6.45, 7) is -0.159. The van der Waals surface area contributed by atoms with Gasteiger partial charge in [-0.25, -0.2) is 9.78 Å². The lowest BCUT2D eigenvalue weighted by Gasteiger charge is -2.07. The van der Waals surface area contributed by atoms with E-state index in [0.29, 0.717) is 5.56 Å². The third-order valence-corrected chi connectivity index (χ3v) is 4.00. The van der Waals surface area contributed by atoms with Gasteiger partial charge in [0, 0.05) is 14.1 Å². The first-order valence-corrected chi connectivity index (χ1v) is 7.68. The highest BCUT2D eigenvalue weighted by Crippen LogP contribution is 2.08. The van der Waals surface area contributed by atoms with E-state index in [0.717, 1.165) is 10.1 Å². The van der Waals surface area contributed by atoms with Crippen molar-refractivity contribution >= 4 is 17.1 Å². The van der Waals surface area contributed by atoms with E-state index in [1.807, 2.05) is 6.07 Å². The van der Waals surface area contributed by atoms with Crippen molar-refractivity contribution in [3.63, 3.8) is 0 Å². The molecule has 0 aliphatic heterocycles. The Morgan fingerprint density at radius 1 is 1.19 bits per heavy atom. The topological polar surface area (TPSA) is 112 Å². The number of hydrogen-bond donors (Lipinski definition) is 0. The van der Waals surface area contributed by atoms with Gasteiger partial charge >= 0.3 is 11.7 Å². The zero-order chi connectivity index (χ0) is 18.8. The van der Waals surface area contributed by atoms with Crippen LogP contribution in [-0.2, 0) is 36.8 Å². The fourth-order valence-corrected chi connectivity index (χ4v) is 2.54. The van der Waals surface area contributed by atoms with Gasteiger partial charge in [-0.3, -0.25) is 18.7 Å². The lowest BCUT2D eigenvalue weighted by Crippen LogP contribution is -2.37. The standard InChI is InChI=1S/C17H15N5O4/c1-20-15-14(16(24)21(2)17(20)25)22(10-19-15)8-13(23)26-9-12-5-3-11(7-18)4-6-12/h3-6,10H,8-9H2,1-2H3. The van der Waals surface area contributed by atoms with Crippen LogP contribution in [0.4, 0.5) is 0 Å². The fraction of sp³-hybridized carbons (Fsp3) is 0.235. The number of benzene rings is 1. The minimum absolute atomic E-state index is 0.0493. The molecule has 0 aliphatic carbocycles. The van der Waals surface area contributed by atoms with Gasteiger partial charge in [0.25, 0.3) is 5.56 Å². The largest absolute Gasteiger partial charge is 0.459 e. The van der Waals surface area contributed by atoms with Crippen LogP contribution in [0.3, 0.4) is 0 Å². The Bertz CT molecular complexity index is 1150. The van der Waals surface area contributed by atoms with E-state index in [9.17, 15) is 14.4 Å². The second-order valence-corrected chi connectivity index (χ2v) is 5.72. The number of aromatic nitrogens is 4. The van der Waals surface area contributed by atoms with E-state index in [4.69, 9.17) is 10.00 Å². The predicted octanol–water partition coefficient (Wildman–Crippen LogP) is 0.0488. The van der Waals surface area contributed by atoms with Crippen molar-refractivity contribution in [3.05, 3.63) is 62.6 Å². The van der Waals surface area contributed by atoms with Crippen molar-refractivity contribution in [3.8, 4) is 6.07 Å². The number of imidazole rings is 1. The summed E-state index contributed by atoms with van der Waals surface area (Å²) in [4.78, 5) is 40.4. The lowest BCUT2D eigenvalue weighted by molar-refractivity contribution is -0.145. The highest BCUT2D eigenvalue weighted by Gasteiger charge is 2.16. The van der Waals surface area contributed by atoms with Crippen molar-refractivity contribution in [2.24, 2.45) is 14.1 Å². The predicted molar refractivity (Wildman–Crippen MR) is 91.2 cm³/mol. The molecule has 0 amide bonds. The molecular weight excluding hydrogens is 338 g/mol. The number of hydrogen-bond acceptors (Lipinski definition) is 6. The van der Waals surface area contributed by atoms with Crippen LogP contribution >= 0.6 is 0 Å². The molecule has 0 aliphatic rings. The quantitative estimate of drug-likeness (QED) is 0.613. The Morgan fingerprint density at radius 3 is 2.54 bits per heavy atom. The molecule has 0 saturated carbocycles. The Morgan fingerprint density at radius 2 is 1.88 bits per heavy atom. The molecule has 1 aromatic carbocycles. The molecule has 0 spiro atoms. The van der Waals surface area contributed by atoms with E-state index in [1.54, 1.807) is 24.3 Å². The molecular formula is C17H15N5O4. The van der Waals surface area contributed by atoms with Gasteiger partial charge in [0.2, 0.25) is 0 Å². The van der Waals surface area contributed by atoms with Crippen LogP contribution < -0.4 is 11.2 Å². The molecule has 0 saturated heterocycles. The van der Waals surface area contributed by atoms with Crippen molar-refractivity contribution < 1.29 is 9.53 Å². The number of esters is 1. The first-order chi connectivity index (χ1) is 12.4. The monoisotopic (exact) mass is 353 g/mol. The Balaban J connectivity index is 1.78. The summed E-state index contributed by atoms with van der Waals surface area (Å²) in [7, 11) is 2.87. The molecule has 0 radical (unpaired) electrons. The lowest BCUT2D eigenvalue weighted by atomic mass is 10.2. The number of rotatable bonds is 4. The number of nitriles is 1. The number of carbonyl (C=O) groups is 1. The highest BCUT2D eigenvalue weighted by molar-refractivity contribution is 5.75. The zero-order valence-corrected chi connectivity index (χ0v) is 14.2. The number of ether oxygens (including phenoxy) is 1. The molecule has 2 heterocycles. The third-order valence-electron chi connectivity index (χ3n) is 4.00. The van der Waals surface area contributed by atoms with Crippen molar-refractivity contribution in [2.75, 3.05) is 0 Å². The molecule has 3 rings (SSSR count). The normalized spacial score (nSPS) is 10.7. The Labute approximate surface area is 147 Å². The number of nitrogens with zero attached hydrogens (tertiary/aromatic N) is 5. The van der Waals surface area contributed by atoms with Gasteiger partial charge in [0.1, 0.15) is 13.2 Å². The maximum absolute atomic E-state index is 12.3. The van der Waals surface area contributed by atoms with E-state index in [2.05, 4.69) is 4.98 Å². The molecule has 2 aromatic heterocycles. The molecule has 9 nitrogen and oxygen atoms in total. The average molecular weight is 353 g/mol. The molecule has 0 bridgehead atoms. The van der Waals surface area contributed by atoms with Crippen molar-refractivity contribution in [1.29, 1.82) is 5.26 Å². The smallest absolute Gasteiger partial charge is 0.332 e. The van der Waals surface area contributed by atoms with Gasteiger partial charge in [-0.05, 0) is 17.7 Å². The molecule has 0 atom stereocenters. The Kier molecular flexibility index (Phi) is 4.41. The van der Waals surface area contributed by atoms with E-state index in [1.165, 1.54) is 29.6 Å². The van der Waals surface area contributed by atoms with E-state index < -0.39 is 17.2 Å². The van der Waals surface area contributed by atoms with Crippen LogP contribution in [0.25, 0.3) is 11.2 Å². The SMILES string of the molecule is Cn1c(=O)c2c(ncn2CC(=O)OCc2ccc(C#N)cc2)n(C)c1=O. The molecule has 0 fully saturated rings. The molecule has 9 heteroatoms. The van der Waals surface area contributed by atoms with E-state index >= 15 is 0 Å². The minimum atomic E-state index is -0.551. The Hall–Kier alpha value is -3.67. The van der Waals surface area contributed by atoms with Gasteiger partial charge in [-0.1, -0.05) is 12.1 Å². The van der Waals surface area contributed by atoms with Gasteiger partial charge in [-0.15, -0.1) is 0 Å². The van der Waals surface area contributed by atoms with Crippen molar-refractivity contribution in [2.45, 2.75) is 13.2 Å². The molecule has 0 N–H and O–H groups in total. The summed E-state index contributed by atoms with van der Waals surface area (Å²) < 4.78 is 8.77. The van der Waals surface area contributed by atoms with Gasteiger partial charge in [-0.2, -0.15) is 5.26 Å². The molecule has 132 valence electrons. The van der Waals surface area contributed by atoms with Crippen LogP contribution in [0.15, 0.2) is 40.2 Å². The maximum atomic E-state index is 12.3. The van der Waals surface area contributed by atoms with Crippen LogP contribution in [-0.4, -0.2) is 24.7 Å². The number of aryl methyl sites for hydroxylation is 1. The first kappa shape index (κ1) is 17.2. The van der Waals surface area contributed by atoms with Crippen LogP contribution in [0.5, 0.6) is 0 Å². The van der Waals surface area contributed by atoms with Gasteiger partial charge in [0.15, 0.2) is 11.2 Å². The summed E-state index contributed by atoms with van der Waals surface area (Å²) in [6.07, 6.45) is 1.33. The molecule has 3 aromatic rings. The van der Waals surface area contributed by atoms with Gasteiger partial charge < -0.3 is 9.30 Å². The summed E-state index contributed by atoms with van der Waals surface area (Å²) in [6, 6.07) is 8.68. The summed E-state index contributed by atoms with van der Waals surface area (Å²) in [5.41, 5.74) is 0.608. The molecule has 0 unspecified atom stereocenters. The minimum Gasteiger partial charge on any atom is -0.459 e. The highest BCUT2D eigenvalue weighted by atomic mass is 16.5. The number of carbonyl (C=O) groups excluding carboxylic acids is 1. The summed E-state index contributed by atoms with van der Waals surface area (Å²) in [5.74, 6) is -0.551. The molecule has 26 heavy (non-hydrogen) atoms. The maximum Gasteiger partial charge on any atom is 0.332 e. The third kappa shape index (κ3) is 3.00. The average Bonchev–Trinajstić information content (AvgIpc) is 3.07. The van der Waals surface area contributed by atoms with E-state index in [-0.39, 0.29) is 24.3 Å². The van der Waals surface area contributed by atoms with Crippen LogP contribution in [0, 0.1) is 11.3 Å². The van der Waals surface area contributed by atoms with Crippen molar-refractivity contribution in [1.82, 2.24) is 18.7 Å².